The molecule has 5 N–H and O–H groups in total. The van der Waals surface area contributed by atoms with Crippen molar-refractivity contribution in [3.8, 4) is 0 Å². The van der Waals surface area contributed by atoms with Crippen molar-refractivity contribution in [2.45, 2.75) is 5.66 Å². The number of halogens is 1. The fourth-order valence-corrected chi connectivity index (χ4v) is 4.87. The van der Waals surface area contributed by atoms with E-state index in [1.165, 1.54) is 17.5 Å². The van der Waals surface area contributed by atoms with Crippen LogP contribution in [0.2, 0.25) is 5.02 Å². The normalized spacial score (nSPS) is 13.1. The van der Waals surface area contributed by atoms with Gasteiger partial charge in [-0.05, 0) is 58.3 Å². The van der Waals surface area contributed by atoms with Crippen LogP contribution in [0.1, 0.15) is 16.8 Å². The summed E-state index contributed by atoms with van der Waals surface area (Å²) in [5.41, 5.74) is 5.63. The van der Waals surface area contributed by atoms with Gasteiger partial charge in [0.15, 0.2) is 5.66 Å². The second-order valence-electron chi connectivity index (χ2n) is 5.84. The van der Waals surface area contributed by atoms with Crippen LogP contribution in [0.4, 0.5) is 5.69 Å². The number of carbonyl (C=O) groups excluding carboxylic acids is 1. The van der Waals surface area contributed by atoms with Gasteiger partial charge in [-0.1, -0.05) is 23.7 Å². The molecular formula is C18H16ClN2O4PS. The van der Waals surface area contributed by atoms with Gasteiger partial charge in [-0.2, -0.15) is 0 Å². The first-order valence-corrected chi connectivity index (χ1v) is 10.7. The van der Waals surface area contributed by atoms with E-state index in [-0.39, 0.29) is 5.56 Å². The van der Waals surface area contributed by atoms with Gasteiger partial charge in [0, 0.05) is 21.6 Å². The Labute approximate surface area is 164 Å². The molecule has 1 heterocycles. The highest BCUT2D eigenvalue weighted by atomic mass is 35.5. The summed E-state index contributed by atoms with van der Waals surface area (Å²) in [5, 5.41) is 5.00. The number of nitrogens with two attached hydrogens (primary N) is 1. The minimum absolute atomic E-state index is 0.251. The Hall–Kier alpha value is -2.15. The maximum atomic E-state index is 12.6. The number of benzene rings is 2. The molecule has 1 amide bonds. The molecule has 2 aromatic carbocycles. The number of nitrogens with one attached hydrogen (secondary N) is 1. The molecule has 0 aliphatic heterocycles. The average Bonchev–Trinajstić information content (AvgIpc) is 2.96. The largest absolute Gasteiger partial charge is 0.399 e. The highest BCUT2D eigenvalue weighted by Crippen LogP contribution is 2.54. The summed E-state index contributed by atoms with van der Waals surface area (Å²) < 4.78 is 12.8. The Morgan fingerprint density at radius 3 is 2.74 bits per heavy atom. The van der Waals surface area contributed by atoms with E-state index >= 15 is 0 Å². The Morgan fingerprint density at radius 1 is 1.26 bits per heavy atom. The molecule has 3 rings (SSSR count). The SMILES string of the molecule is Nc1cccc(C=CNC(=O)C(c2csc3ccc(Cl)cc23)P(=O)(O)O)c1. The van der Waals surface area contributed by atoms with Crippen molar-refractivity contribution < 1.29 is 19.1 Å². The summed E-state index contributed by atoms with van der Waals surface area (Å²) in [6.45, 7) is 0. The molecule has 6 nitrogen and oxygen atoms in total. The molecule has 1 aromatic heterocycles. The molecule has 0 saturated heterocycles. The van der Waals surface area contributed by atoms with Gasteiger partial charge < -0.3 is 20.8 Å². The molecule has 0 aliphatic carbocycles. The third kappa shape index (κ3) is 4.58. The highest BCUT2D eigenvalue weighted by molar-refractivity contribution is 7.53. The van der Waals surface area contributed by atoms with Crippen molar-refractivity contribution in [1.82, 2.24) is 5.32 Å². The quantitative estimate of drug-likeness (QED) is 0.364. The van der Waals surface area contributed by atoms with Crippen LogP contribution in [-0.2, 0) is 9.36 Å². The summed E-state index contributed by atoms with van der Waals surface area (Å²) in [4.78, 5) is 32.1. The van der Waals surface area contributed by atoms with Crippen molar-refractivity contribution in [3.63, 3.8) is 0 Å². The van der Waals surface area contributed by atoms with Crippen LogP contribution in [0, 0.1) is 0 Å². The lowest BCUT2D eigenvalue weighted by molar-refractivity contribution is -0.120. The molecule has 140 valence electrons. The second-order valence-corrected chi connectivity index (χ2v) is 8.88. The fraction of sp³-hybridized carbons (Fsp3) is 0.0556. The smallest absolute Gasteiger partial charge is 0.342 e. The minimum atomic E-state index is -4.76. The molecule has 0 radical (unpaired) electrons. The van der Waals surface area contributed by atoms with E-state index in [0.717, 1.165) is 10.3 Å². The maximum absolute atomic E-state index is 12.6. The van der Waals surface area contributed by atoms with Crippen molar-refractivity contribution in [3.05, 3.63) is 70.2 Å². The zero-order valence-electron chi connectivity index (χ0n) is 13.9. The first-order chi connectivity index (χ1) is 12.8. The predicted octanol–water partition coefficient (Wildman–Crippen LogP) is 4.14. The number of hydrogen-bond acceptors (Lipinski definition) is 4. The van der Waals surface area contributed by atoms with Crippen molar-refractivity contribution in [2.75, 3.05) is 5.73 Å². The molecule has 0 fully saturated rings. The lowest BCUT2D eigenvalue weighted by Crippen LogP contribution is -2.25. The van der Waals surface area contributed by atoms with Gasteiger partial charge >= 0.3 is 7.60 Å². The van der Waals surface area contributed by atoms with Crippen LogP contribution in [0.3, 0.4) is 0 Å². The molecule has 0 spiro atoms. The first kappa shape index (κ1) is 19.6. The minimum Gasteiger partial charge on any atom is -0.399 e. The average molecular weight is 423 g/mol. The molecule has 1 atom stereocenters. The number of carbonyl (C=O) groups is 1. The lowest BCUT2D eigenvalue weighted by Gasteiger charge is -2.16. The molecule has 1 unspecified atom stereocenters. The van der Waals surface area contributed by atoms with E-state index in [1.54, 1.807) is 53.9 Å². The summed E-state index contributed by atoms with van der Waals surface area (Å²) in [6.07, 6.45) is 2.93. The van der Waals surface area contributed by atoms with Gasteiger partial charge in [0.2, 0.25) is 5.91 Å². The van der Waals surface area contributed by atoms with Gasteiger partial charge in [0.25, 0.3) is 0 Å². The van der Waals surface area contributed by atoms with Crippen LogP contribution in [0.5, 0.6) is 0 Å². The van der Waals surface area contributed by atoms with Crippen LogP contribution in [0.15, 0.2) is 54.0 Å². The zero-order valence-corrected chi connectivity index (χ0v) is 16.3. The number of fused-ring (bicyclic) bond motifs is 1. The van der Waals surface area contributed by atoms with E-state index in [9.17, 15) is 19.1 Å². The summed E-state index contributed by atoms with van der Waals surface area (Å²) in [6, 6.07) is 12.0. The Kier molecular flexibility index (Phi) is 5.69. The van der Waals surface area contributed by atoms with E-state index in [2.05, 4.69) is 5.32 Å². The zero-order chi connectivity index (χ0) is 19.6. The summed E-state index contributed by atoms with van der Waals surface area (Å²) in [7, 11) is -4.76. The molecule has 9 heteroatoms. The molecule has 27 heavy (non-hydrogen) atoms. The third-order valence-electron chi connectivity index (χ3n) is 3.86. The number of nitrogen functional groups attached to an aromatic ring is 1. The number of rotatable bonds is 5. The highest BCUT2D eigenvalue weighted by Gasteiger charge is 2.38. The maximum Gasteiger partial charge on any atom is 0.342 e. The van der Waals surface area contributed by atoms with Gasteiger partial charge in [0.1, 0.15) is 0 Å². The van der Waals surface area contributed by atoms with Crippen LogP contribution >= 0.6 is 30.5 Å². The van der Waals surface area contributed by atoms with Gasteiger partial charge in [-0.15, -0.1) is 11.3 Å². The fourth-order valence-electron chi connectivity index (χ4n) is 2.67. The molecule has 0 aliphatic rings. The van der Waals surface area contributed by atoms with E-state index < -0.39 is 19.2 Å². The third-order valence-corrected chi connectivity index (χ3v) is 6.26. The first-order valence-electron chi connectivity index (χ1n) is 7.80. The van der Waals surface area contributed by atoms with E-state index in [4.69, 9.17) is 17.3 Å². The van der Waals surface area contributed by atoms with Crippen molar-refractivity contribution >= 4 is 58.3 Å². The molecule has 3 aromatic rings. The number of thiophene rings is 1. The molecular weight excluding hydrogens is 407 g/mol. The van der Waals surface area contributed by atoms with Crippen LogP contribution < -0.4 is 11.1 Å². The van der Waals surface area contributed by atoms with Gasteiger partial charge in [-0.3, -0.25) is 9.36 Å². The van der Waals surface area contributed by atoms with Gasteiger partial charge in [-0.25, -0.2) is 0 Å². The Bertz CT molecular complexity index is 1080. The monoisotopic (exact) mass is 422 g/mol. The number of amides is 1. The van der Waals surface area contributed by atoms with Crippen molar-refractivity contribution in [2.24, 2.45) is 0 Å². The number of anilines is 1. The van der Waals surface area contributed by atoms with E-state index in [1.807, 2.05) is 0 Å². The Morgan fingerprint density at radius 2 is 2.04 bits per heavy atom. The molecule has 0 bridgehead atoms. The second kappa shape index (κ2) is 7.84. The number of hydrogen-bond donors (Lipinski definition) is 4. The van der Waals surface area contributed by atoms with E-state index in [0.29, 0.717) is 16.1 Å². The molecule has 0 saturated carbocycles. The Balaban J connectivity index is 1.89. The predicted molar refractivity (Wildman–Crippen MR) is 110 cm³/mol. The van der Waals surface area contributed by atoms with Crippen LogP contribution in [-0.4, -0.2) is 15.7 Å². The van der Waals surface area contributed by atoms with Crippen molar-refractivity contribution in [1.29, 1.82) is 0 Å². The van der Waals surface area contributed by atoms with Crippen LogP contribution in [0.25, 0.3) is 16.2 Å². The topological polar surface area (TPSA) is 113 Å². The van der Waals surface area contributed by atoms with Gasteiger partial charge in [0.05, 0.1) is 0 Å². The standard InChI is InChI=1S/C18H16ClN2O4PS/c19-12-4-5-16-14(9-12)15(10-27-16)17(26(23,24)25)18(22)21-7-6-11-2-1-3-13(20)8-11/h1-10,17H,20H2,(H,21,22)(H2,23,24,25). The summed E-state index contributed by atoms with van der Waals surface area (Å²) >= 11 is 7.29. The lowest BCUT2D eigenvalue weighted by atomic mass is 10.1. The summed E-state index contributed by atoms with van der Waals surface area (Å²) in [5.74, 6) is -0.803.